The van der Waals surface area contributed by atoms with E-state index in [1.807, 2.05) is 0 Å². The molecule has 0 amide bonds. The largest absolute Gasteiger partial charge is 0.297 e. The average molecular weight is 267 g/mol. The van der Waals surface area contributed by atoms with Gasteiger partial charge in [0.05, 0.1) is 10.6 Å². The van der Waals surface area contributed by atoms with Crippen molar-refractivity contribution in [3.05, 3.63) is 32.0 Å². The minimum Gasteiger partial charge on any atom is -0.258 e. The van der Waals surface area contributed by atoms with Crippen molar-refractivity contribution in [1.82, 2.24) is 4.98 Å². The maximum atomic E-state index is 12.3. The van der Waals surface area contributed by atoms with E-state index in [9.17, 15) is 18.9 Å². The number of aromatic nitrogens is 1. The van der Waals surface area contributed by atoms with E-state index in [0.717, 1.165) is 6.07 Å². The molecule has 0 saturated heterocycles. The SMILES string of the molecule is Cc1nc(C(F)F)c([N+](=O)[O-])cc1Br. The zero-order chi connectivity index (χ0) is 10.9. The standard InChI is InChI=1S/C7H5BrF2N2O2/c1-3-4(8)2-5(12(13)14)6(11-3)7(9)10/h2,7H,1H3. The summed E-state index contributed by atoms with van der Waals surface area (Å²) >= 11 is 2.99. The third-order valence-electron chi connectivity index (χ3n) is 1.56. The molecule has 0 atom stereocenters. The summed E-state index contributed by atoms with van der Waals surface area (Å²) in [6.07, 6.45) is -2.94. The first kappa shape index (κ1) is 11.0. The van der Waals surface area contributed by atoms with E-state index >= 15 is 0 Å². The molecule has 1 rings (SSSR count). The fraction of sp³-hybridized carbons (Fsp3) is 0.286. The van der Waals surface area contributed by atoms with E-state index in [1.165, 1.54) is 6.92 Å². The number of nitro groups is 1. The van der Waals surface area contributed by atoms with Gasteiger partial charge < -0.3 is 0 Å². The fourth-order valence-corrected chi connectivity index (χ4v) is 1.20. The van der Waals surface area contributed by atoms with E-state index in [1.54, 1.807) is 0 Å². The van der Waals surface area contributed by atoms with Gasteiger partial charge in [0.15, 0.2) is 5.69 Å². The number of hydrogen-bond acceptors (Lipinski definition) is 3. The summed E-state index contributed by atoms with van der Waals surface area (Å²) in [7, 11) is 0. The van der Waals surface area contributed by atoms with Crippen molar-refractivity contribution in [2.24, 2.45) is 0 Å². The highest BCUT2D eigenvalue weighted by molar-refractivity contribution is 9.10. The Morgan fingerprint density at radius 1 is 1.64 bits per heavy atom. The molecule has 0 unspecified atom stereocenters. The highest BCUT2D eigenvalue weighted by Crippen LogP contribution is 2.30. The molecule has 0 aliphatic heterocycles. The Hall–Kier alpha value is -1.11. The first-order valence-electron chi connectivity index (χ1n) is 3.53. The van der Waals surface area contributed by atoms with Crippen LogP contribution in [0.2, 0.25) is 0 Å². The van der Waals surface area contributed by atoms with Crippen molar-refractivity contribution in [2.75, 3.05) is 0 Å². The van der Waals surface area contributed by atoms with Crippen molar-refractivity contribution in [1.29, 1.82) is 0 Å². The van der Waals surface area contributed by atoms with Crippen LogP contribution in [0.4, 0.5) is 14.5 Å². The molecule has 0 radical (unpaired) electrons. The molecule has 4 nitrogen and oxygen atoms in total. The molecule has 0 bridgehead atoms. The van der Waals surface area contributed by atoms with Crippen molar-refractivity contribution < 1.29 is 13.7 Å². The number of aryl methyl sites for hydroxylation is 1. The predicted molar refractivity (Wildman–Crippen MR) is 48.3 cm³/mol. The van der Waals surface area contributed by atoms with Crippen molar-refractivity contribution in [3.63, 3.8) is 0 Å². The maximum Gasteiger partial charge on any atom is 0.297 e. The summed E-state index contributed by atoms with van der Waals surface area (Å²) in [6.45, 7) is 1.49. The van der Waals surface area contributed by atoms with Gasteiger partial charge in [0.25, 0.3) is 12.1 Å². The summed E-state index contributed by atoms with van der Waals surface area (Å²) in [5, 5.41) is 10.4. The Morgan fingerprint density at radius 3 is 2.64 bits per heavy atom. The fourth-order valence-electron chi connectivity index (χ4n) is 0.897. The number of hydrogen-bond donors (Lipinski definition) is 0. The van der Waals surface area contributed by atoms with Crippen LogP contribution in [0, 0.1) is 17.0 Å². The summed E-state index contributed by atoms with van der Waals surface area (Å²) in [5.74, 6) is 0. The summed E-state index contributed by atoms with van der Waals surface area (Å²) in [4.78, 5) is 13.0. The lowest BCUT2D eigenvalue weighted by Gasteiger charge is -2.03. The number of pyridine rings is 1. The van der Waals surface area contributed by atoms with Gasteiger partial charge >= 0.3 is 0 Å². The Bertz CT molecular complexity index is 384. The topological polar surface area (TPSA) is 56.0 Å². The average Bonchev–Trinajstić information content (AvgIpc) is 2.08. The number of rotatable bonds is 2. The smallest absolute Gasteiger partial charge is 0.258 e. The summed E-state index contributed by atoms with van der Waals surface area (Å²) < 4.78 is 25.0. The molecule has 7 heteroatoms. The number of nitrogens with zero attached hydrogens (tertiary/aromatic N) is 2. The molecule has 0 aliphatic rings. The van der Waals surface area contributed by atoms with Crippen LogP contribution in [0.3, 0.4) is 0 Å². The lowest BCUT2D eigenvalue weighted by atomic mass is 10.2. The minimum atomic E-state index is -2.94. The maximum absolute atomic E-state index is 12.3. The predicted octanol–water partition coefficient (Wildman–Crippen LogP) is 3.00. The summed E-state index contributed by atoms with van der Waals surface area (Å²) in [5.41, 5.74) is -1.17. The lowest BCUT2D eigenvalue weighted by Crippen LogP contribution is -2.01. The van der Waals surface area contributed by atoms with Crippen LogP contribution in [-0.2, 0) is 0 Å². The molecule has 0 spiro atoms. The molecule has 0 saturated carbocycles. The van der Waals surface area contributed by atoms with Crippen LogP contribution in [0.15, 0.2) is 10.5 Å². The second-order valence-corrected chi connectivity index (χ2v) is 3.37. The Balaban J connectivity index is 3.39. The Morgan fingerprint density at radius 2 is 2.21 bits per heavy atom. The van der Waals surface area contributed by atoms with Gasteiger partial charge in [-0.3, -0.25) is 10.1 Å². The second kappa shape index (κ2) is 3.95. The molecule has 0 N–H and O–H groups in total. The van der Waals surface area contributed by atoms with Gasteiger partial charge in [0, 0.05) is 10.5 Å². The van der Waals surface area contributed by atoms with Crippen molar-refractivity contribution in [3.8, 4) is 0 Å². The van der Waals surface area contributed by atoms with Crippen LogP contribution in [-0.4, -0.2) is 9.91 Å². The molecule has 0 aliphatic carbocycles. The van der Waals surface area contributed by atoms with E-state index in [-0.39, 0.29) is 0 Å². The van der Waals surface area contributed by atoms with Gasteiger partial charge in [-0.1, -0.05) is 0 Å². The van der Waals surface area contributed by atoms with Gasteiger partial charge in [0.2, 0.25) is 0 Å². The zero-order valence-electron chi connectivity index (χ0n) is 7.00. The van der Waals surface area contributed by atoms with Gasteiger partial charge in [-0.2, -0.15) is 0 Å². The number of halogens is 3. The molecule has 1 aromatic rings. The van der Waals surface area contributed by atoms with Crippen molar-refractivity contribution in [2.45, 2.75) is 13.3 Å². The van der Waals surface area contributed by atoms with E-state index < -0.39 is 22.7 Å². The second-order valence-electron chi connectivity index (χ2n) is 2.52. The Kier molecular flexibility index (Phi) is 3.10. The normalized spacial score (nSPS) is 10.6. The third kappa shape index (κ3) is 2.03. The van der Waals surface area contributed by atoms with Gasteiger partial charge in [-0.25, -0.2) is 13.8 Å². The quantitative estimate of drug-likeness (QED) is 0.611. The lowest BCUT2D eigenvalue weighted by molar-refractivity contribution is -0.386. The van der Waals surface area contributed by atoms with Crippen LogP contribution in [0.1, 0.15) is 17.8 Å². The monoisotopic (exact) mass is 266 g/mol. The van der Waals surface area contributed by atoms with Gasteiger partial charge in [-0.05, 0) is 22.9 Å². The molecular formula is C7H5BrF2N2O2. The van der Waals surface area contributed by atoms with Crippen LogP contribution < -0.4 is 0 Å². The van der Waals surface area contributed by atoms with E-state index in [4.69, 9.17) is 0 Å². The molecule has 1 aromatic heterocycles. The molecule has 14 heavy (non-hydrogen) atoms. The minimum absolute atomic E-state index is 0.297. The van der Waals surface area contributed by atoms with Gasteiger partial charge in [0.1, 0.15) is 0 Å². The molecule has 76 valence electrons. The van der Waals surface area contributed by atoms with Crippen LogP contribution >= 0.6 is 15.9 Å². The van der Waals surface area contributed by atoms with Crippen LogP contribution in [0.5, 0.6) is 0 Å². The summed E-state index contributed by atoms with van der Waals surface area (Å²) in [6, 6.07) is 1.03. The molecular weight excluding hydrogens is 262 g/mol. The molecule has 0 aromatic carbocycles. The van der Waals surface area contributed by atoms with Crippen molar-refractivity contribution >= 4 is 21.6 Å². The molecule has 0 fully saturated rings. The molecule has 1 heterocycles. The third-order valence-corrected chi connectivity index (χ3v) is 2.37. The number of alkyl halides is 2. The highest BCUT2D eigenvalue weighted by atomic mass is 79.9. The first-order valence-corrected chi connectivity index (χ1v) is 4.32. The van der Waals surface area contributed by atoms with Crippen LogP contribution in [0.25, 0.3) is 0 Å². The Labute approximate surface area is 86.2 Å². The highest BCUT2D eigenvalue weighted by Gasteiger charge is 2.24. The van der Waals surface area contributed by atoms with E-state index in [0.29, 0.717) is 10.2 Å². The van der Waals surface area contributed by atoms with Gasteiger partial charge in [-0.15, -0.1) is 0 Å². The first-order chi connectivity index (χ1) is 6.43. The van der Waals surface area contributed by atoms with E-state index in [2.05, 4.69) is 20.9 Å². The zero-order valence-corrected chi connectivity index (χ0v) is 8.59.